The number of hydrogen-bond acceptors (Lipinski definition) is 3. The lowest BCUT2D eigenvalue weighted by molar-refractivity contribution is 0.607. The van der Waals surface area contributed by atoms with E-state index in [-0.39, 0.29) is 0 Å². The van der Waals surface area contributed by atoms with Crippen molar-refractivity contribution in [3.8, 4) is 11.1 Å². The summed E-state index contributed by atoms with van der Waals surface area (Å²) in [5.41, 5.74) is 2.55. The van der Waals surface area contributed by atoms with Crippen LogP contribution in [0.5, 0.6) is 0 Å². The highest BCUT2D eigenvalue weighted by molar-refractivity contribution is 7.92. The van der Waals surface area contributed by atoms with Gasteiger partial charge in [0.1, 0.15) is 0 Å². The number of sulfonamides is 1. The molecule has 0 unspecified atom stereocenters. The van der Waals surface area contributed by atoms with Gasteiger partial charge in [0, 0.05) is 18.1 Å². The first kappa shape index (κ1) is 11.6. The van der Waals surface area contributed by atoms with Crippen molar-refractivity contribution in [3.05, 3.63) is 48.8 Å². The van der Waals surface area contributed by atoms with Crippen molar-refractivity contribution in [1.82, 2.24) is 4.98 Å². The highest BCUT2D eigenvalue weighted by Gasteiger charge is 2.02. The lowest BCUT2D eigenvalue weighted by Gasteiger charge is -2.05. The maximum absolute atomic E-state index is 11.0. The van der Waals surface area contributed by atoms with Crippen LogP contribution in [0.2, 0.25) is 0 Å². The van der Waals surface area contributed by atoms with Crippen molar-refractivity contribution in [3.63, 3.8) is 0 Å². The lowest BCUT2D eigenvalue weighted by Crippen LogP contribution is -2.09. The van der Waals surface area contributed by atoms with Crippen molar-refractivity contribution in [1.29, 1.82) is 0 Å². The average Bonchev–Trinajstić information content (AvgIpc) is 2.29. The van der Waals surface area contributed by atoms with Crippen LogP contribution in [0.3, 0.4) is 0 Å². The zero-order valence-electron chi connectivity index (χ0n) is 9.29. The van der Waals surface area contributed by atoms with Gasteiger partial charge in [0.25, 0.3) is 0 Å². The fraction of sp³-hybridized carbons (Fsp3) is 0.0833. The van der Waals surface area contributed by atoms with Crippen molar-refractivity contribution in [2.24, 2.45) is 0 Å². The smallest absolute Gasteiger partial charge is 0.229 e. The van der Waals surface area contributed by atoms with Crippen molar-refractivity contribution < 1.29 is 8.42 Å². The van der Waals surface area contributed by atoms with Gasteiger partial charge in [0.2, 0.25) is 10.0 Å². The van der Waals surface area contributed by atoms with E-state index < -0.39 is 10.0 Å². The van der Waals surface area contributed by atoms with E-state index in [9.17, 15) is 8.42 Å². The van der Waals surface area contributed by atoms with Gasteiger partial charge < -0.3 is 0 Å². The van der Waals surface area contributed by atoms with E-state index in [1.807, 2.05) is 24.3 Å². The Bertz CT molecular complexity index is 592. The molecule has 1 heterocycles. The molecule has 88 valence electrons. The highest BCUT2D eigenvalue weighted by atomic mass is 32.2. The second-order valence-corrected chi connectivity index (χ2v) is 5.44. The van der Waals surface area contributed by atoms with E-state index in [0.29, 0.717) is 5.69 Å². The Balaban J connectivity index is 2.25. The molecule has 0 spiro atoms. The second kappa shape index (κ2) is 4.55. The monoisotopic (exact) mass is 248 g/mol. The molecule has 17 heavy (non-hydrogen) atoms. The van der Waals surface area contributed by atoms with Crippen molar-refractivity contribution in [2.45, 2.75) is 0 Å². The molecule has 0 radical (unpaired) electrons. The molecule has 0 saturated carbocycles. The van der Waals surface area contributed by atoms with Crippen molar-refractivity contribution >= 4 is 15.7 Å². The number of anilines is 1. The molecule has 2 rings (SSSR count). The molecule has 1 N–H and O–H groups in total. The molecule has 0 aliphatic carbocycles. The van der Waals surface area contributed by atoms with E-state index in [4.69, 9.17) is 0 Å². The van der Waals surface area contributed by atoms with E-state index in [1.165, 1.54) is 0 Å². The van der Waals surface area contributed by atoms with Gasteiger partial charge in [-0.25, -0.2) is 8.42 Å². The summed E-state index contributed by atoms with van der Waals surface area (Å²) in [5, 5.41) is 0. The van der Waals surface area contributed by atoms with Crippen LogP contribution in [-0.4, -0.2) is 19.7 Å². The quantitative estimate of drug-likeness (QED) is 0.905. The van der Waals surface area contributed by atoms with E-state index in [2.05, 4.69) is 9.71 Å². The molecule has 0 aliphatic rings. The second-order valence-electron chi connectivity index (χ2n) is 3.69. The summed E-state index contributed by atoms with van der Waals surface area (Å²) in [6.07, 6.45) is 4.60. The Hall–Kier alpha value is -1.88. The van der Waals surface area contributed by atoms with Crippen molar-refractivity contribution in [2.75, 3.05) is 11.0 Å². The van der Waals surface area contributed by atoms with E-state index >= 15 is 0 Å². The van der Waals surface area contributed by atoms with Crippen LogP contribution in [0, 0.1) is 0 Å². The number of rotatable bonds is 3. The van der Waals surface area contributed by atoms with Gasteiger partial charge in [-0.05, 0) is 29.3 Å². The molecule has 4 nitrogen and oxygen atoms in total. The summed E-state index contributed by atoms with van der Waals surface area (Å²) < 4.78 is 24.5. The Kier molecular flexibility index (Phi) is 3.10. The van der Waals surface area contributed by atoms with Crippen LogP contribution in [-0.2, 0) is 10.0 Å². The normalized spacial score (nSPS) is 11.1. The zero-order chi connectivity index (χ0) is 12.3. The average molecular weight is 248 g/mol. The SMILES string of the molecule is CS(=O)(=O)Nc1ccc(-c2cccnc2)cc1. The van der Waals surface area contributed by atoms with Gasteiger partial charge >= 0.3 is 0 Å². The molecular weight excluding hydrogens is 236 g/mol. The maximum atomic E-state index is 11.0. The molecule has 0 amide bonds. The third kappa shape index (κ3) is 3.29. The Labute approximate surface area is 100 Å². The third-order valence-corrected chi connectivity index (χ3v) is 2.79. The van der Waals surface area contributed by atoms with Gasteiger partial charge in [0.15, 0.2) is 0 Å². The molecular formula is C12H12N2O2S. The molecule has 0 bridgehead atoms. The summed E-state index contributed by atoms with van der Waals surface area (Å²) in [6.45, 7) is 0. The van der Waals surface area contributed by atoms with Crippen LogP contribution in [0.15, 0.2) is 48.8 Å². The number of nitrogens with one attached hydrogen (secondary N) is 1. The Morgan fingerprint density at radius 3 is 2.29 bits per heavy atom. The van der Waals surface area contributed by atoms with Gasteiger partial charge in [-0.1, -0.05) is 18.2 Å². The fourth-order valence-electron chi connectivity index (χ4n) is 1.48. The predicted octanol–water partition coefficient (Wildman–Crippen LogP) is 2.12. The minimum absolute atomic E-state index is 0.556. The Morgan fingerprint density at radius 1 is 1.06 bits per heavy atom. The number of hydrogen-bond donors (Lipinski definition) is 1. The summed E-state index contributed by atoms with van der Waals surface area (Å²) in [6, 6.07) is 11.0. The predicted molar refractivity (Wildman–Crippen MR) is 68.1 cm³/mol. The topological polar surface area (TPSA) is 59.1 Å². The number of pyridine rings is 1. The van der Waals surface area contributed by atoms with Gasteiger partial charge in [0.05, 0.1) is 6.26 Å². The van der Waals surface area contributed by atoms with Crippen LogP contribution >= 0.6 is 0 Å². The molecule has 0 atom stereocenters. The Morgan fingerprint density at radius 2 is 1.76 bits per heavy atom. The first-order valence-electron chi connectivity index (χ1n) is 5.03. The maximum Gasteiger partial charge on any atom is 0.229 e. The third-order valence-electron chi connectivity index (χ3n) is 2.18. The highest BCUT2D eigenvalue weighted by Crippen LogP contribution is 2.20. The summed E-state index contributed by atoms with van der Waals surface area (Å²) in [5.74, 6) is 0. The molecule has 0 saturated heterocycles. The number of aromatic nitrogens is 1. The minimum atomic E-state index is -3.22. The molecule has 1 aromatic heterocycles. The largest absolute Gasteiger partial charge is 0.284 e. The van der Waals surface area contributed by atoms with E-state index in [1.54, 1.807) is 24.5 Å². The summed E-state index contributed by atoms with van der Waals surface area (Å²) in [4.78, 5) is 4.03. The molecule has 0 aliphatic heterocycles. The van der Waals surface area contributed by atoms with Crippen LogP contribution in [0.4, 0.5) is 5.69 Å². The number of nitrogens with zero attached hydrogens (tertiary/aromatic N) is 1. The van der Waals surface area contributed by atoms with Gasteiger partial charge in [-0.2, -0.15) is 0 Å². The molecule has 2 aromatic rings. The number of benzene rings is 1. The molecule has 0 fully saturated rings. The standard InChI is InChI=1S/C12H12N2O2S/c1-17(15,16)14-12-6-4-10(5-7-12)11-3-2-8-13-9-11/h2-9,14H,1H3. The molecule has 1 aromatic carbocycles. The van der Waals surface area contributed by atoms with Gasteiger partial charge in [-0.3, -0.25) is 9.71 Å². The van der Waals surface area contributed by atoms with Crippen LogP contribution in [0.1, 0.15) is 0 Å². The first-order valence-corrected chi connectivity index (χ1v) is 6.92. The zero-order valence-corrected chi connectivity index (χ0v) is 10.1. The molecule has 5 heteroatoms. The minimum Gasteiger partial charge on any atom is -0.284 e. The van der Waals surface area contributed by atoms with Crippen LogP contribution in [0.25, 0.3) is 11.1 Å². The fourth-order valence-corrected chi connectivity index (χ4v) is 2.04. The van der Waals surface area contributed by atoms with Gasteiger partial charge in [-0.15, -0.1) is 0 Å². The summed E-state index contributed by atoms with van der Waals surface area (Å²) >= 11 is 0. The first-order chi connectivity index (χ1) is 8.04. The lowest BCUT2D eigenvalue weighted by atomic mass is 10.1. The van der Waals surface area contributed by atoms with Crippen LogP contribution < -0.4 is 4.72 Å². The summed E-state index contributed by atoms with van der Waals surface area (Å²) in [7, 11) is -3.22. The van der Waals surface area contributed by atoms with E-state index in [0.717, 1.165) is 17.4 Å².